The lowest BCUT2D eigenvalue weighted by Gasteiger charge is -2.09. The number of anilines is 1. The van der Waals surface area contributed by atoms with Crippen LogP contribution in [-0.2, 0) is 19.3 Å². The number of hydrogen-bond donors (Lipinski definition) is 1. The fourth-order valence-corrected chi connectivity index (χ4v) is 1.64. The maximum Gasteiger partial charge on any atom is 0.433 e. The van der Waals surface area contributed by atoms with E-state index in [0.717, 1.165) is 18.3 Å². The molecule has 2 rings (SSSR count). The van der Waals surface area contributed by atoms with Crippen molar-refractivity contribution in [1.29, 1.82) is 0 Å². The summed E-state index contributed by atoms with van der Waals surface area (Å²) >= 11 is 0. The standard InChI is InChI=1S/C12H13F3N4/c1-2-19-8-16-6-10(19)7-17-9-3-4-11(18-5-9)12(13,14)15/h3-6,8,17H,2,7H2,1H3. The van der Waals surface area contributed by atoms with Crippen molar-refractivity contribution >= 4 is 5.69 Å². The van der Waals surface area contributed by atoms with Crippen molar-refractivity contribution < 1.29 is 13.2 Å². The minimum Gasteiger partial charge on any atom is -0.378 e. The van der Waals surface area contributed by atoms with Gasteiger partial charge in [0.05, 0.1) is 30.5 Å². The van der Waals surface area contributed by atoms with E-state index in [-0.39, 0.29) is 0 Å². The summed E-state index contributed by atoms with van der Waals surface area (Å²) in [4.78, 5) is 7.39. The molecule has 2 heterocycles. The zero-order valence-electron chi connectivity index (χ0n) is 10.3. The van der Waals surface area contributed by atoms with Crippen LogP contribution in [0, 0.1) is 0 Å². The number of hydrogen-bond acceptors (Lipinski definition) is 3. The van der Waals surface area contributed by atoms with Crippen LogP contribution in [0.2, 0.25) is 0 Å². The Labute approximate surface area is 108 Å². The van der Waals surface area contributed by atoms with E-state index >= 15 is 0 Å². The molecule has 0 atom stereocenters. The van der Waals surface area contributed by atoms with Gasteiger partial charge in [-0.05, 0) is 19.1 Å². The van der Waals surface area contributed by atoms with E-state index in [1.165, 1.54) is 12.3 Å². The van der Waals surface area contributed by atoms with Crippen molar-refractivity contribution in [3.8, 4) is 0 Å². The number of halogens is 3. The summed E-state index contributed by atoms with van der Waals surface area (Å²) in [6.45, 7) is 3.27. The molecular formula is C12H13F3N4. The van der Waals surface area contributed by atoms with E-state index < -0.39 is 11.9 Å². The van der Waals surface area contributed by atoms with Crippen LogP contribution >= 0.6 is 0 Å². The molecule has 0 spiro atoms. The molecule has 0 radical (unpaired) electrons. The predicted molar refractivity (Wildman–Crippen MR) is 64.5 cm³/mol. The monoisotopic (exact) mass is 270 g/mol. The Hall–Kier alpha value is -2.05. The fraction of sp³-hybridized carbons (Fsp3) is 0.333. The van der Waals surface area contributed by atoms with Gasteiger partial charge in [0.2, 0.25) is 0 Å². The second-order valence-electron chi connectivity index (χ2n) is 3.95. The van der Waals surface area contributed by atoms with E-state index in [0.29, 0.717) is 12.2 Å². The number of alkyl halides is 3. The molecule has 0 aliphatic heterocycles. The average molecular weight is 270 g/mol. The minimum atomic E-state index is -4.40. The molecule has 19 heavy (non-hydrogen) atoms. The van der Waals surface area contributed by atoms with Gasteiger partial charge in [-0.15, -0.1) is 0 Å². The number of pyridine rings is 1. The second-order valence-corrected chi connectivity index (χ2v) is 3.95. The van der Waals surface area contributed by atoms with Crippen LogP contribution in [0.25, 0.3) is 0 Å². The number of nitrogens with zero attached hydrogens (tertiary/aromatic N) is 3. The van der Waals surface area contributed by atoms with Gasteiger partial charge in [0.25, 0.3) is 0 Å². The maximum absolute atomic E-state index is 12.3. The van der Waals surface area contributed by atoms with E-state index in [1.54, 1.807) is 12.5 Å². The molecule has 0 amide bonds. The van der Waals surface area contributed by atoms with Gasteiger partial charge in [-0.1, -0.05) is 0 Å². The van der Waals surface area contributed by atoms with E-state index in [1.807, 2.05) is 11.5 Å². The molecule has 2 aromatic heterocycles. The first-order valence-corrected chi connectivity index (χ1v) is 5.77. The smallest absolute Gasteiger partial charge is 0.378 e. The zero-order valence-corrected chi connectivity index (χ0v) is 10.3. The van der Waals surface area contributed by atoms with E-state index in [9.17, 15) is 13.2 Å². The number of nitrogens with one attached hydrogen (secondary N) is 1. The Morgan fingerprint density at radius 1 is 1.26 bits per heavy atom. The highest BCUT2D eigenvalue weighted by Gasteiger charge is 2.31. The van der Waals surface area contributed by atoms with Gasteiger partial charge in [0.15, 0.2) is 0 Å². The highest BCUT2D eigenvalue weighted by atomic mass is 19.4. The summed E-state index contributed by atoms with van der Waals surface area (Å²) < 4.78 is 38.9. The lowest BCUT2D eigenvalue weighted by atomic mass is 10.3. The maximum atomic E-state index is 12.3. The van der Waals surface area contributed by atoms with Gasteiger partial charge in [-0.3, -0.25) is 0 Å². The van der Waals surface area contributed by atoms with Crippen molar-refractivity contribution in [3.05, 3.63) is 42.2 Å². The van der Waals surface area contributed by atoms with E-state index in [2.05, 4.69) is 15.3 Å². The molecule has 0 saturated heterocycles. The predicted octanol–water partition coefficient (Wildman–Crippen LogP) is 2.93. The van der Waals surface area contributed by atoms with Crippen LogP contribution in [0.3, 0.4) is 0 Å². The Morgan fingerprint density at radius 2 is 2.05 bits per heavy atom. The van der Waals surface area contributed by atoms with Crippen LogP contribution in [0.15, 0.2) is 30.9 Å². The highest BCUT2D eigenvalue weighted by Crippen LogP contribution is 2.27. The second kappa shape index (κ2) is 5.29. The highest BCUT2D eigenvalue weighted by molar-refractivity contribution is 5.41. The Kier molecular flexibility index (Phi) is 3.73. The van der Waals surface area contributed by atoms with Crippen LogP contribution in [0.5, 0.6) is 0 Å². The number of aryl methyl sites for hydroxylation is 1. The normalized spacial score (nSPS) is 11.6. The number of rotatable bonds is 4. The van der Waals surface area contributed by atoms with Crippen molar-refractivity contribution in [1.82, 2.24) is 14.5 Å². The molecule has 2 aromatic rings. The molecule has 0 aromatic carbocycles. The van der Waals surface area contributed by atoms with Crippen molar-refractivity contribution in [2.24, 2.45) is 0 Å². The number of imidazole rings is 1. The third kappa shape index (κ3) is 3.24. The molecule has 102 valence electrons. The fourth-order valence-electron chi connectivity index (χ4n) is 1.64. The molecule has 4 nitrogen and oxygen atoms in total. The lowest BCUT2D eigenvalue weighted by Crippen LogP contribution is -2.09. The Balaban J connectivity index is 2.01. The summed E-state index contributed by atoms with van der Waals surface area (Å²) in [6, 6.07) is 2.32. The van der Waals surface area contributed by atoms with Crippen molar-refractivity contribution in [2.45, 2.75) is 26.2 Å². The van der Waals surface area contributed by atoms with Gasteiger partial charge in [0, 0.05) is 12.7 Å². The molecular weight excluding hydrogens is 257 g/mol. The summed E-state index contributed by atoms with van der Waals surface area (Å²) in [6.07, 6.45) is 0.199. The van der Waals surface area contributed by atoms with Gasteiger partial charge >= 0.3 is 6.18 Å². The molecule has 0 bridgehead atoms. The molecule has 7 heteroatoms. The molecule has 0 fully saturated rings. The summed E-state index contributed by atoms with van der Waals surface area (Å²) in [5, 5.41) is 3.01. The lowest BCUT2D eigenvalue weighted by molar-refractivity contribution is -0.141. The third-order valence-electron chi connectivity index (χ3n) is 2.67. The zero-order chi connectivity index (χ0) is 13.9. The quantitative estimate of drug-likeness (QED) is 0.928. The summed E-state index contributed by atoms with van der Waals surface area (Å²) in [5.41, 5.74) is 0.607. The number of aromatic nitrogens is 3. The average Bonchev–Trinajstić information content (AvgIpc) is 2.83. The summed E-state index contributed by atoms with van der Waals surface area (Å²) in [5.74, 6) is 0. The van der Waals surface area contributed by atoms with Gasteiger partial charge in [-0.25, -0.2) is 9.97 Å². The van der Waals surface area contributed by atoms with Gasteiger partial charge in [0.1, 0.15) is 5.69 Å². The topological polar surface area (TPSA) is 42.7 Å². The van der Waals surface area contributed by atoms with Crippen LogP contribution in [-0.4, -0.2) is 14.5 Å². The van der Waals surface area contributed by atoms with Crippen LogP contribution in [0.1, 0.15) is 18.3 Å². The minimum absolute atomic E-state index is 0.487. The molecule has 1 N–H and O–H groups in total. The molecule has 0 aliphatic rings. The first kappa shape index (κ1) is 13.4. The van der Waals surface area contributed by atoms with Crippen LogP contribution < -0.4 is 5.32 Å². The molecule has 0 unspecified atom stereocenters. The van der Waals surface area contributed by atoms with Gasteiger partial charge < -0.3 is 9.88 Å². The first-order chi connectivity index (χ1) is 9.00. The first-order valence-electron chi connectivity index (χ1n) is 5.77. The summed E-state index contributed by atoms with van der Waals surface area (Å²) in [7, 11) is 0. The molecule has 0 aliphatic carbocycles. The largest absolute Gasteiger partial charge is 0.433 e. The molecule has 0 saturated carbocycles. The van der Waals surface area contributed by atoms with Crippen molar-refractivity contribution in [3.63, 3.8) is 0 Å². The third-order valence-corrected chi connectivity index (χ3v) is 2.67. The Morgan fingerprint density at radius 3 is 2.63 bits per heavy atom. The van der Waals surface area contributed by atoms with Gasteiger partial charge in [-0.2, -0.15) is 13.2 Å². The van der Waals surface area contributed by atoms with Crippen LogP contribution in [0.4, 0.5) is 18.9 Å². The van der Waals surface area contributed by atoms with E-state index in [4.69, 9.17) is 0 Å². The SMILES string of the molecule is CCn1cncc1CNc1ccc(C(F)(F)F)nc1. The van der Waals surface area contributed by atoms with Crippen molar-refractivity contribution in [2.75, 3.05) is 5.32 Å². The Bertz CT molecular complexity index is 531.